The number of aromatic carboxylic acids is 1. The number of carboxylic acid groups (broad SMARTS) is 1. The van der Waals surface area contributed by atoms with E-state index in [9.17, 15) is 9.59 Å². The predicted octanol–water partition coefficient (Wildman–Crippen LogP) is 3.00. The summed E-state index contributed by atoms with van der Waals surface area (Å²) in [7, 11) is 0. The summed E-state index contributed by atoms with van der Waals surface area (Å²) in [5.41, 5.74) is 4.89. The van der Waals surface area contributed by atoms with Crippen LogP contribution < -0.4 is 5.43 Å². The Balaban J connectivity index is 1.62. The molecule has 0 spiro atoms. The number of hydrazone groups is 1. The molecule has 0 aliphatic rings. The number of carbonyl (C=O) groups is 2. The molecule has 1 amide bonds. The fraction of sp³-hybridized carbons (Fsp3) is 0.158. The number of thioether (sulfide) groups is 1. The van der Waals surface area contributed by atoms with Gasteiger partial charge in [0.05, 0.1) is 28.6 Å². The molecule has 0 saturated carbocycles. The molecule has 1 aromatic heterocycles. The molecule has 2 N–H and O–H groups in total. The maximum atomic E-state index is 12.0. The van der Waals surface area contributed by atoms with E-state index in [2.05, 4.69) is 20.1 Å². The molecule has 27 heavy (non-hydrogen) atoms. The van der Waals surface area contributed by atoms with Gasteiger partial charge in [0.1, 0.15) is 0 Å². The minimum absolute atomic E-state index is 0.126. The number of para-hydroxylation sites is 2. The Labute approximate surface area is 160 Å². The quantitative estimate of drug-likeness (QED) is 0.372. The second-order valence-corrected chi connectivity index (χ2v) is 6.54. The monoisotopic (exact) mass is 382 g/mol. The Bertz CT molecular complexity index is 1010. The van der Waals surface area contributed by atoms with Crippen LogP contribution in [0.4, 0.5) is 0 Å². The van der Waals surface area contributed by atoms with E-state index in [0.29, 0.717) is 5.56 Å². The van der Waals surface area contributed by atoms with Crippen LogP contribution in [0, 0.1) is 0 Å². The van der Waals surface area contributed by atoms with Crippen LogP contribution in [0.25, 0.3) is 11.0 Å². The first-order valence-corrected chi connectivity index (χ1v) is 9.31. The SMILES string of the molecule is CCn1c(SCC(=O)N/N=C\c2ccccc2C(=O)O)nc2ccccc21. The van der Waals surface area contributed by atoms with Crippen LogP contribution >= 0.6 is 11.8 Å². The Hall–Kier alpha value is -3.13. The van der Waals surface area contributed by atoms with Crippen molar-refractivity contribution >= 4 is 40.9 Å². The number of carbonyl (C=O) groups excluding carboxylic acids is 1. The number of carboxylic acids is 1. The molecular formula is C19H18N4O3S. The molecule has 0 bridgehead atoms. The second kappa shape index (κ2) is 8.50. The maximum Gasteiger partial charge on any atom is 0.336 e. The van der Waals surface area contributed by atoms with Crippen LogP contribution in [0.1, 0.15) is 22.8 Å². The van der Waals surface area contributed by atoms with E-state index in [0.717, 1.165) is 22.7 Å². The second-order valence-electron chi connectivity index (χ2n) is 5.60. The zero-order chi connectivity index (χ0) is 19.2. The molecule has 7 nitrogen and oxygen atoms in total. The van der Waals surface area contributed by atoms with E-state index in [1.165, 1.54) is 24.0 Å². The van der Waals surface area contributed by atoms with Crippen molar-refractivity contribution in [3.8, 4) is 0 Å². The van der Waals surface area contributed by atoms with Crippen LogP contribution in [0.3, 0.4) is 0 Å². The Morgan fingerprint density at radius 1 is 1.22 bits per heavy atom. The third-order valence-corrected chi connectivity index (χ3v) is 4.83. The van der Waals surface area contributed by atoms with Gasteiger partial charge in [0, 0.05) is 12.1 Å². The van der Waals surface area contributed by atoms with Crippen LogP contribution in [0.2, 0.25) is 0 Å². The van der Waals surface area contributed by atoms with Gasteiger partial charge in [0.15, 0.2) is 5.16 Å². The number of amides is 1. The topological polar surface area (TPSA) is 96.6 Å². The van der Waals surface area contributed by atoms with Gasteiger partial charge in [-0.15, -0.1) is 0 Å². The number of nitrogens with zero attached hydrogens (tertiary/aromatic N) is 3. The molecule has 3 aromatic rings. The van der Waals surface area contributed by atoms with Crippen molar-refractivity contribution in [2.45, 2.75) is 18.6 Å². The fourth-order valence-electron chi connectivity index (χ4n) is 2.61. The lowest BCUT2D eigenvalue weighted by Crippen LogP contribution is -2.20. The van der Waals surface area contributed by atoms with Crippen molar-refractivity contribution in [2.75, 3.05) is 5.75 Å². The molecule has 3 rings (SSSR count). The number of aryl methyl sites for hydroxylation is 1. The lowest BCUT2D eigenvalue weighted by atomic mass is 10.1. The predicted molar refractivity (Wildman–Crippen MR) is 105 cm³/mol. The lowest BCUT2D eigenvalue weighted by molar-refractivity contribution is -0.118. The van der Waals surface area contributed by atoms with E-state index in [-0.39, 0.29) is 17.2 Å². The number of aromatic nitrogens is 2. The Morgan fingerprint density at radius 2 is 1.96 bits per heavy atom. The molecule has 2 aromatic carbocycles. The molecule has 0 atom stereocenters. The largest absolute Gasteiger partial charge is 0.478 e. The number of hydrogen-bond donors (Lipinski definition) is 2. The number of rotatable bonds is 7. The highest BCUT2D eigenvalue weighted by Gasteiger charge is 2.11. The van der Waals surface area contributed by atoms with Crippen molar-refractivity contribution < 1.29 is 14.7 Å². The molecule has 138 valence electrons. The molecule has 0 saturated heterocycles. The molecule has 0 aliphatic carbocycles. The average molecular weight is 382 g/mol. The maximum absolute atomic E-state index is 12.0. The van der Waals surface area contributed by atoms with Crippen molar-refractivity contribution in [3.05, 3.63) is 59.7 Å². The summed E-state index contributed by atoms with van der Waals surface area (Å²) >= 11 is 1.33. The number of fused-ring (bicyclic) bond motifs is 1. The first kappa shape index (κ1) is 18.7. The fourth-order valence-corrected chi connectivity index (χ4v) is 3.48. The normalized spacial score (nSPS) is 11.1. The summed E-state index contributed by atoms with van der Waals surface area (Å²) in [6.45, 7) is 2.79. The van der Waals surface area contributed by atoms with E-state index in [4.69, 9.17) is 5.11 Å². The lowest BCUT2D eigenvalue weighted by Gasteiger charge is -2.05. The Morgan fingerprint density at radius 3 is 2.74 bits per heavy atom. The molecule has 1 heterocycles. The van der Waals surface area contributed by atoms with Gasteiger partial charge in [-0.25, -0.2) is 15.2 Å². The zero-order valence-corrected chi connectivity index (χ0v) is 15.4. The Kier molecular flexibility index (Phi) is 5.87. The zero-order valence-electron chi connectivity index (χ0n) is 14.6. The van der Waals surface area contributed by atoms with Gasteiger partial charge < -0.3 is 9.67 Å². The van der Waals surface area contributed by atoms with Crippen molar-refractivity contribution in [2.24, 2.45) is 5.10 Å². The number of nitrogens with one attached hydrogen (secondary N) is 1. The summed E-state index contributed by atoms with van der Waals surface area (Å²) in [6.07, 6.45) is 1.33. The minimum atomic E-state index is -1.04. The third kappa shape index (κ3) is 4.35. The number of hydrogen-bond acceptors (Lipinski definition) is 5. The first-order chi connectivity index (χ1) is 13.1. The highest BCUT2D eigenvalue weighted by atomic mass is 32.2. The molecule has 0 unspecified atom stereocenters. The minimum Gasteiger partial charge on any atom is -0.478 e. The number of benzene rings is 2. The van der Waals surface area contributed by atoms with Crippen molar-refractivity contribution in [1.29, 1.82) is 0 Å². The van der Waals surface area contributed by atoms with Crippen LogP contribution in [-0.2, 0) is 11.3 Å². The molecular weight excluding hydrogens is 364 g/mol. The smallest absolute Gasteiger partial charge is 0.336 e. The van der Waals surface area contributed by atoms with Gasteiger partial charge in [-0.3, -0.25) is 4.79 Å². The van der Waals surface area contributed by atoms with Gasteiger partial charge in [0.2, 0.25) is 0 Å². The van der Waals surface area contributed by atoms with Crippen LogP contribution in [0.15, 0.2) is 58.8 Å². The highest BCUT2D eigenvalue weighted by molar-refractivity contribution is 7.99. The molecule has 0 aliphatic heterocycles. The average Bonchev–Trinajstić information content (AvgIpc) is 3.04. The van der Waals surface area contributed by atoms with Gasteiger partial charge >= 0.3 is 5.97 Å². The molecule has 0 fully saturated rings. The van der Waals surface area contributed by atoms with Gasteiger partial charge in [-0.1, -0.05) is 42.1 Å². The van der Waals surface area contributed by atoms with E-state index in [1.54, 1.807) is 18.2 Å². The highest BCUT2D eigenvalue weighted by Crippen LogP contribution is 2.23. The van der Waals surface area contributed by atoms with Gasteiger partial charge in [-0.2, -0.15) is 5.10 Å². The van der Waals surface area contributed by atoms with Gasteiger partial charge in [-0.05, 0) is 25.1 Å². The summed E-state index contributed by atoms with van der Waals surface area (Å²) in [5, 5.41) is 13.8. The van der Waals surface area contributed by atoms with Crippen molar-refractivity contribution in [3.63, 3.8) is 0 Å². The van der Waals surface area contributed by atoms with E-state index in [1.807, 2.05) is 31.2 Å². The molecule has 0 radical (unpaired) electrons. The van der Waals surface area contributed by atoms with E-state index < -0.39 is 5.97 Å². The molecule has 8 heteroatoms. The summed E-state index contributed by atoms with van der Waals surface area (Å²) in [5.74, 6) is -1.18. The van der Waals surface area contributed by atoms with Crippen LogP contribution in [-0.4, -0.2) is 38.5 Å². The van der Waals surface area contributed by atoms with Crippen LogP contribution in [0.5, 0.6) is 0 Å². The van der Waals surface area contributed by atoms with E-state index >= 15 is 0 Å². The summed E-state index contributed by atoms with van der Waals surface area (Å²) in [6, 6.07) is 14.3. The summed E-state index contributed by atoms with van der Waals surface area (Å²) < 4.78 is 2.06. The summed E-state index contributed by atoms with van der Waals surface area (Å²) in [4.78, 5) is 27.7. The van der Waals surface area contributed by atoms with Crippen molar-refractivity contribution in [1.82, 2.24) is 15.0 Å². The standard InChI is InChI=1S/C19H18N4O3S/c1-2-23-16-10-6-5-9-15(16)21-19(23)27-12-17(24)22-20-11-13-7-3-4-8-14(13)18(25)26/h3-11H,2,12H2,1H3,(H,22,24)(H,25,26)/b20-11-. The number of imidazole rings is 1. The first-order valence-electron chi connectivity index (χ1n) is 8.32. The van der Waals surface area contributed by atoms with Gasteiger partial charge in [0.25, 0.3) is 5.91 Å². The third-order valence-electron chi connectivity index (χ3n) is 3.85.